The Hall–Kier alpha value is -2.19. The van der Waals surface area contributed by atoms with Gasteiger partial charge in [0.2, 0.25) is 17.7 Å². The van der Waals surface area contributed by atoms with Crippen LogP contribution in [0.25, 0.3) is 0 Å². The Morgan fingerprint density at radius 2 is 1.87 bits per heavy atom. The monoisotopic (exact) mass is 431 g/mol. The van der Waals surface area contributed by atoms with Crippen molar-refractivity contribution >= 4 is 17.7 Å². The highest BCUT2D eigenvalue weighted by molar-refractivity contribution is 5.99. The first kappa shape index (κ1) is 22.0. The summed E-state index contributed by atoms with van der Waals surface area (Å²) < 4.78 is 6.52. The fourth-order valence-corrected chi connectivity index (χ4v) is 5.56. The van der Waals surface area contributed by atoms with E-state index in [9.17, 15) is 14.4 Å². The lowest BCUT2D eigenvalue weighted by Crippen LogP contribution is -2.56. The van der Waals surface area contributed by atoms with Gasteiger partial charge in [-0.1, -0.05) is 24.3 Å². The molecule has 0 radical (unpaired) electrons. The average molecular weight is 432 g/mol. The number of likely N-dealkylation sites (N-methyl/N-ethyl adjacent to an activating group) is 1. The number of nitrogens with zero attached hydrogens (tertiary/aromatic N) is 3. The van der Waals surface area contributed by atoms with Gasteiger partial charge in [-0.2, -0.15) is 0 Å². The first-order chi connectivity index (χ1) is 14.8. The number of carbonyl (C=O) groups is 3. The number of fused-ring (bicyclic) bond motifs is 2. The van der Waals surface area contributed by atoms with Crippen LogP contribution in [0.4, 0.5) is 0 Å². The van der Waals surface area contributed by atoms with Crippen molar-refractivity contribution in [1.82, 2.24) is 14.7 Å². The molecule has 31 heavy (non-hydrogen) atoms. The van der Waals surface area contributed by atoms with E-state index in [4.69, 9.17) is 9.84 Å². The molecule has 4 rings (SSSR count). The molecule has 4 aliphatic rings. The highest BCUT2D eigenvalue weighted by Crippen LogP contribution is 2.53. The molecule has 0 bridgehead atoms. The van der Waals surface area contributed by atoms with Crippen molar-refractivity contribution in [3.63, 3.8) is 0 Å². The molecule has 4 heterocycles. The Bertz CT molecular complexity index is 809. The van der Waals surface area contributed by atoms with Gasteiger partial charge >= 0.3 is 0 Å². The maximum Gasteiger partial charge on any atom is 0.249 e. The predicted molar refractivity (Wildman–Crippen MR) is 114 cm³/mol. The molecule has 0 aliphatic carbocycles. The minimum atomic E-state index is -1.14. The van der Waals surface area contributed by atoms with Gasteiger partial charge < -0.3 is 24.5 Å². The third-order valence-electron chi connectivity index (χ3n) is 7.07. The van der Waals surface area contributed by atoms with Gasteiger partial charge in [0, 0.05) is 39.3 Å². The van der Waals surface area contributed by atoms with Gasteiger partial charge in [-0.05, 0) is 33.1 Å². The molecule has 8 heteroatoms. The van der Waals surface area contributed by atoms with E-state index in [0.717, 1.165) is 6.42 Å². The number of unbranched alkanes of at least 4 members (excludes halogenated alkanes) is 2. The molecule has 4 aliphatic heterocycles. The number of hydrogen-bond acceptors (Lipinski definition) is 5. The number of aliphatic hydroxyl groups is 1. The Kier molecular flexibility index (Phi) is 5.96. The number of amides is 3. The van der Waals surface area contributed by atoms with Crippen molar-refractivity contribution in [3.8, 4) is 0 Å². The summed E-state index contributed by atoms with van der Waals surface area (Å²) in [6.07, 6.45) is 9.15. The van der Waals surface area contributed by atoms with Gasteiger partial charge in [-0.3, -0.25) is 14.4 Å². The van der Waals surface area contributed by atoms with Gasteiger partial charge in [0.1, 0.15) is 11.6 Å². The van der Waals surface area contributed by atoms with E-state index >= 15 is 0 Å². The van der Waals surface area contributed by atoms with Crippen LogP contribution < -0.4 is 0 Å². The molecule has 8 nitrogen and oxygen atoms in total. The van der Waals surface area contributed by atoms with Gasteiger partial charge in [-0.15, -0.1) is 0 Å². The summed E-state index contributed by atoms with van der Waals surface area (Å²) in [6.45, 7) is 5.37. The molecule has 1 N–H and O–H groups in total. The van der Waals surface area contributed by atoms with Crippen molar-refractivity contribution in [2.75, 3.05) is 33.3 Å². The summed E-state index contributed by atoms with van der Waals surface area (Å²) in [5.74, 6) is -1.77. The lowest BCUT2D eigenvalue weighted by atomic mass is 9.77. The third-order valence-corrected chi connectivity index (χ3v) is 7.07. The van der Waals surface area contributed by atoms with E-state index in [0.29, 0.717) is 32.5 Å². The molecule has 0 saturated carbocycles. The fraction of sp³-hybridized carbons (Fsp3) is 0.696. The highest BCUT2D eigenvalue weighted by atomic mass is 16.5. The van der Waals surface area contributed by atoms with Crippen LogP contribution in [0, 0.1) is 11.8 Å². The molecule has 0 aromatic carbocycles. The molecule has 1 unspecified atom stereocenters. The van der Waals surface area contributed by atoms with Crippen molar-refractivity contribution < 1.29 is 24.2 Å². The van der Waals surface area contributed by atoms with Crippen LogP contribution in [0.1, 0.15) is 33.1 Å². The van der Waals surface area contributed by atoms with E-state index in [-0.39, 0.29) is 30.4 Å². The second kappa shape index (κ2) is 8.39. The molecular formula is C23H33N3O5. The van der Waals surface area contributed by atoms with Crippen LogP contribution in [0.5, 0.6) is 0 Å². The second-order valence-corrected chi connectivity index (χ2v) is 9.29. The van der Waals surface area contributed by atoms with Crippen LogP contribution in [-0.2, 0) is 19.1 Å². The Morgan fingerprint density at radius 3 is 2.58 bits per heavy atom. The predicted octanol–water partition coefficient (Wildman–Crippen LogP) is 0.565. The normalized spacial score (nSPS) is 34.9. The van der Waals surface area contributed by atoms with Gasteiger partial charge in [0.15, 0.2) is 0 Å². The topological polar surface area (TPSA) is 90.4 Å². The number of carbonyl (C=O) groups excluding carboxylic acids is 3. The molecule has 170 valence electrons. The van der Waals surface area contributed by atoms with Gasteiger partial charge in [-0.25, -0.2) is 0 Å². The zero-order valence-corrected chi connectivity index (χ0v) is 18.6. The minimum Gasteiger partial charge on any atom is -0.396 e. The van der Waals surface area contributed by atoms with Crippen LogP contribution in [0.3, 0.4) is 0 Å². The van der Waals surface area contributed by atoms with Crippen molar-refractivity contribution in [2.24, 2.45) is 11.8 Å². The molecular weight excluding hydrogens is 398 g/mol. The maximum absolute atomic E-state index is 13.8. The fourth-order valence-electron chi connectivity index (χ4n) is 5.56. The quantitative estimate of drug-likeness (QED) is 0.490. The lowest BCUT2D eigenvalue weighted by molar-refractivity contribution is -0.149. The van der Waals surface area contributed by atoms with Crippen molar-refractivity contribution in [2.45, 2.75) is 56.9 Å². The zero-order valence-electron chi connectivity index (χ0n) is 18.6. The largest absolute Gasteiger partial charge is 0.396 e. The summed E-state index contributed by atoms with van der Waals surface area (Å²) in [5.41, 5.74) is -1.14. The average Bonchev–Trinajstić information content (AvgIpc) is 3.04. The molecule has 0 aromatic rings. The van der Waals surface area contributed by atoms with Gasteiger partial charge in [0.05, 0.1) is 17.9 Å². The summed E-state index contributed by atoms with van der Waals surface area (Å²) in [5, 5.41) is 9.09. The van der Waals surface area contributed by atoms with E-state index < -0.39 is 29.6 Å². The first-order valence-corrected chi connectivity index (χ1v) is 11.3. The summed E-state index contributed by atoms with van der Waals surface area (Å²) in [4.78, 5) is 45.8. The number of aliphatic hydroxyl groups excluding tert-OH is 1. The Balaban J connectivity index is 1.76. The first-order valence-electron chi connectivity index (χ1n) is 11.3. The molecule has 0 aromatic heterocycles. The molecule has 3 amide bonds. The van der Waals surface area contributed by atoms with Crippen LogP contribution in [-0.4, -0.2) is 94.6 Å². The molecule has 1 spiro atoms. The van der Waals surface area contributed by atoms with E-state index in [1.165, 1.54) is 0 Å². The number of hydrogen-bond donors (Lipinski definition) is 1. The Morgan fingerprint density at radius 1 is 1.10 bits per heavy atom. The van der Waals surface area contributed by atoms with Crippen LogP contribution in [0.15, 0.2) is 24.3 Å². The van der Waals surface area contributed by atoms with Crippen LogP contribution in [0.2, 0.25) is 0 Å². The van der Waals surface area contributed by atoms with Crippen molar-refractivity contribution in [3.05, 3.63) is 24.3 Å². The Labute approximate surface area is 183 Å². The SMILES string of the molecule is CC(C)N1CC=C[C@]23O[C@H]4C=CCN(C)C(=O)[C@H]4[C@H]2C(=O)N(CCCCCO)C3C1=O. The third kappa shape index (κ3) is 3.40. The molecule has 5 atom stereocenters. The van der Waals surface area contributed by atoms with Gasteiger partial charge in [0.25, 0.3) is 0 Å². The highest BCUT2D eigenvalue weighted by Gasteiger charge is 2.71. The number of rotatable bonds is 6. The van der Waals surface area contributed by atoms with E-state index in [2.05, 4.69) is 0 Å². The summed E-state index contributed by atoms with van der Waals surface area (Å²) in [6, 6.07) is -0.795. The number of likely N-dealkylation sites (tertiary alicyclic amines) is 1. The number of ether oxygens (including phenoxy) is 1. The smallest absolute Gasteiger partial charge is 0.249 e. The molecule has 2 saturated heterocycles. The minimum absolute atomic E-state index is 0.0165. The zero-order chi connectivity index (χ0) is 22.3. The standard InChI is InChI=1S/C23H33N3O5/c1-15(2)25-13-8-10-23-18(17-16(31-23)9-7-11-24(3)20(17)28)21(29)26(19(23)22(25)30)12-5-4-6-14-27/h7-10,15-19,27H,4-6,11-14H2,1-3H3/t16-,17+,18-,19?,23-/m0/s1. The van der Waals surface area contributed by atoms with E-state index in [1.807, 2.05) is 38.2 Å². The van der Waals surface area contributed by atoms with Crippen LogP contribution >= 0.6 is 0 Å². The maximum atomic E-state index is 13.8. The summed E-state index contributed by atoms with van der Waals surface area (Å²) in [7, 11) is 1.73. The van der Waals surface area contributed by atoms with E-state index in [1.54, 1.807) is 21.7 Å². The molecule has 2 fully saturated rings. The second-order valence-electron chi connectivity index (χ2n) is 9.29. The van der Waals surface area contributed by atoms with Crippen molar-refractivity contribution in [1.29, 1.82) is 0 Å². The summed E-state index contributed by atoms with van der Waals surface area (Å²) >= 11 is 0. The lowest BCUT2D eigenvalue weighted by Gasteiger charge is -2.36.